The lowest BCUT2D eigenvalue weighted by atomic mass is 9.73. The average molecular weight is 747 g/mol. The first kappa shape index (κ1) is 44.7. The number of ether oxygens (including phenoxy) is 4. The minimum Gasteiger partial charge on any atom is -0.493 e. The second kappa shape index (κ2) is 18.9. The van der Waals surface area contributed by atoms with Crippen LogP contribution in [-0.2, 0) is 44.0 Å². The Labute approximate surface area is 333 Å². The van der Waals surface area contributed by atoms with Crippen molar-refractivity contribution in [1.29, 1.82) is 0 Å². The summed E-state index contributed by atoms with van der Waals surface area (Å²) in [5, 5.41) is 0. The Hall–Kier alpha value is -2.04. The molecule has 4 rings (SSSR count). The van der Waals surface area contributed by atoms with Gasteiger partial charge in [0, 0.05) is 22.3 Å². The fourth-order valence-electron chi connectivity index (χ4n) is 8.04. The van der Waals surface area contributed by atoms with Crippen molar-refractivity contribution in [1.82, 2.24) is 0 Å². The molecule has 2 aliphatic heterocycles. The molecule has 0 spiro atoms. The van der Waals surface area contributed by atoms with Gasteiger partial charge < -0.3 is 18.9 Å². The molecule has 0 aliphatic carbocycles. The van der Waals surface area contributed by atoms with Crippen LogP contribution >= 0.6 is 0 Å². The highest BCUT2D eigenvalue weighted by Gasteiger charge is 2.35. The lowest BCUT2D eigenvalue weighted by Crippen LogP contribution is -2.24. The number of aryl methyl sites for hydroxylation is 2. The number of hydrogen-bond donors (Lipinski definition) is 0. The Morgan fingerprint density at radius 2 is 0.796 bits per heavy atom. The Kier molecular flexibility index (Phi) is 15.7. The Balaban J connectivity index is 1.67. The molecule has 0 bridgehead atoms. The molecule has 4 heteroatoms. The minimum atomic E-state index is 0.0101. The van der Waals surface area contributed by atoms with E-state index in [4.69, 9.17) is 18.9 Å². The zero-order valence-corrected chi connectivity index (χ0v) is 37.6. The summed E-state index contributed by atoms with van der Waals surface area (Å²) in [6.07, 6.45) is 14.1. The fourth-order valence-corrected chi connectivity index (χ4v) is 8.04. The van der Waals surface area contributed by atoms with E-state index < -0.39 is 0 Å². The molecule has 0 radical (unpaired) electrons. The van der Waals surface area contributed by atoms with Crippen molar-refractivity contribution < 1.29 is 18.9 Å². The van der Waals surface area contributed by atoms with E-state index in [0.717, 1.165) is 89.3 Å². The molecule has 2 aromatic rings. The van der Waals surface area contributed by atoms with Gasteiger partial charge in [0.1, 0.15) is 11.5 Å². The maximum absolute atomic E-state index is 6.92. The van der Waals surface area contributed by atoms with Gasteiger partial charge in [0.15, 0.2) is 0 Å². The zero-order valence-electron chi connectivity index (χ0n) is 37.6. The van der Waals surface area contributed by atoms with Crippen molar-refractivity contribution in [2.75, 3.05) is 26.4 Å². The largest absolute Gasteiger partial charge is 0.493 e. The summed E-state index contributed by atoms with van der Waals surface area (Å²) >= 11 is 0. The molecule has 4 unspecified atom stereocenters. The quantitative estimate of drug-likeness (QED) is 0.0749. The molecular formula is C50H82O4. The lowest BCUT2D eigenvalue weighted by molar-refractivity contribution is 0.254. The standard InChI is InChI=1S/C50H82O4/c1-15-37(43-33-53-43)23-21-27-51-45-39(47(7,8)17-3)29-35(30-40(45)48(9,10)18-4)25-26-36-31-41(49(11,12)19-5)46(42(32-36)50(13,14)20-6)52-28-22-24-38(16-2)44-34-54-44/h29-32,37-38,43-44H,15-28,33-34H2,1-14H3. The van der Waals surface area contributed by atoms with E-state index in [9.17, 15) is 0 Å². The first-order chi connectivity index (χ1) is 25.5. The van der Waals surface area contributed by atoms with Gasteiger partial charge in [-0.2, -0.15) is 0 Å². The zero-order chi connectivity index (χ0) is 39.9. The molecular weight excluding hydrogens is 665 g/mol. The molecule has 2 aliphatic rings. The Morgan fingerprint density at radius 3 is 1.02 bits per heavy atom. The minimum absolute atomic E-state index is 0.0101. The molecule has 2 saturated heterocycles. The highest BCUT2D eigenvalue weighted by molar-refractivity contribution is 5.53. The smallest absolute Gasteiger partial charge is 0.126 e. The van der Waals surface area contributed by atoms with Crippen LogP contribution in [0.15, 0.2) is 24.3 Å². The second-order valence-corrected chi connectivity index (χ2v) is 19.6. The molecule has 4 nitrogen and oxygen atoms in total. The number of benzene rings is 2. The third kappa shape index (κ3) is 11.3. The molecule has 0 amide bonds. The first-order valence-electron chi connectivity index (χ1n) is 22.3. The molecule has 0 aromatic heterocycles. The van der Waals surface area contributed by atoms with Gasteiger partial charge in [-0.1, -0.05) is 134 Å². The highest BCUT2D eigenvalue weighted by Crippen LogP contribution is 2.46. The van der Waals surface area contributed by atoms with Crippen LogP contribution in [0.3, 0.4) is 0 Å². The number of epoxide rings is 2. The predicted octanol–water partition coefficient (Wildman–Crippen LogP) is 13.4. The third-order valence-electron chi connectivity index (χ3n) is 14.2. The number of rotatable bonds is 25. The summed E-state index contributed by atoms with van der Waals surface area (Å²) in [5.74, 6) is 3.59. The Bertz CT molecular complexity index is 1290. The van der Waals surface area contributed by atoms with Crippen LogP contribution in [-0.4, -0.2) is 38.6 Å². The summed E-state index contributed by atoms with van der Waals surface area (Å²) < 4.78 is 25.1. The molecule has 306 valence electrons. The van der Waals surface area contributed by atoms with E-state index in [-0.39, 0.29) is 21.7 Å². The molecule has 4 atom stereocenters. The van der Waals surface area contributed by atoms with E-state index >= 15 is 0 Å². The van der Waals surface area contributed by atoms with Crippen molar-refractivity contribution in [3.05, 3.63) is 57.6 Å². The van der Waals surface area contributed by atoms with Crippen molar-refractivity contribution in [3.63, 3.8) is 0 Å². The van der Waals surface area contributed by atoms with Crippen molar-refractivity contribution in [3.8, 4) is 11.5 Å². The summed E-state index contributed by atoms with van der Waals surface area (Å²) in [7, 11) is 0. The molecule has 54 heavy (non-hydrogen) atoms. The molecule has 2 heterocycles. The van der Waals surface area contributed by atoms with Gasteiger partial charge in [-0.3, -0.25) is 0 Å². The Morgan fingerprint density at radius 1 is 0.519 bits per heavy atom. The highest BCUT2D eigenvalue weighted by atomic mass is 16.6. The molecule has 2 fully saturated rings. The van der Waals surface area contributed by atoms with Crippen LogP contribution < -0.4 is 9.47 Å². The van der Waals surface area contributed by atoms with Crippen LogP contribution in [0.25, 0.3) is 0 Å². The topological polar surface area (TPSA) is 43.5 Å². The normalized spacial score (nSPS) is 18.8. The maximum Gasteiger partial charge on any atom is 0.126 e. The number of hydrogen-bond acceptors (Lipinski definition) is 4. The van der Waals surface area contributed by atoms with Crippen LogP contribution in [0.1, 0.15) is 195 Å². The van der Waals surface area contributed by atoms with Gasteiger partial charge in [-0.15, -0.1) is 0 Å². The van der Waals surface area contributed by atoms with Crippen LogP contribution in [0.2, 0.25) is 0 Å². The van der Waals surface area contributed by atoms with Gasteiger partial charge in [-0.25, -0.2) is 0 Å². The van der Waals surface area contributed by atoms with Gasteiger partial charge >= 0.3 is 0 Å². The van der Waals surface area contributed by atoms with E-state index in [1.165, 1.54) is 59.1 Å². The maximum atomic E-state index is 6.92. The van der Waals surface area contributed by atoms with Gasteiger partial charge in [0.25, 0.3) is 0 Å². The predicted molar refractivity (Wildman–Crippen MR) is 230 cm³/mol. The summed E-state index contributed by atoms with van der Waals surface area (Å²) in [6.45, 7) is 36.5. The fraction of sp³-hybridized carbons (Fsp3) is 0.760. The van der Waals surface area contributed by atoms with Gasteiger partial charge in [0.05, 0.1) is 38.6 Å². The molecule has 0 N–H and O–H groups in total. The van der Waals surface area contributed by atoms with Crippen LogP contribution in [0, 0.1) is 11.8 Å². The second-order valence-electron chi connectivity index (χ2n) is 19.6. The van der Waals surface area contributed by atoms with Crippen LogP contribution in [0.5, 0.6) is 11.5 Å². The average Bonchev–Trinajstić information content (AvgIpc) is 4.09. The van der Waals surface area contributed by atoms with E-state index in [2.05, 4.69) is 121 Å². The van der Waals surface area contributed by atoms with Crippen molar-refractivity contribution in [2.24, 2.45) is 11.8 Å². The van der Waals surface area contributed by atoms with E-state index in [1.54, 1.807) is 0 Å². The summed E-state index contributed by atoms with van der Waals surface area (Å²) in [6, 6.07) is 10.0. The van der Waals surface area contributed by atoms with E-state index in [0.29, 0.717) is 24.0 Å². The first-order valence-corrected chi connectivity index (χ1v) is 22.3. The third-order valence-corrected chi connectivity index (χ3v) is 14.2. The van der Waals surface area contributed by atoms with Gasteiger partial charge in [0.2, 0.25) is 0 Å². The molecule has 0 saturated carbocycles. The monoisotopic (exact) mass is 747 g/mol. The molecule has 2 aromatic carbocycles. The van der Waals surface area contributed by atoms with Crippen molar-refractivity contribution in [2.45, 2.75) is 208 Å². The SMILES string of the molecule is CCC(CCCOc1c(C(C)(C)CC)cc(CCc2cc(C(C)(C)CC)c(OCCCC(CC)C3CO3)c(C(C)(C)CC)c2)cc1C(C)(C)CC)C1CO1. The van der Waals surface area contributed by atoms with Crippen molar-refractivity contribution >= 4 is 0 Å². The van der Waals surface area contributed by atoms with E-state index in [1.807, 2.05) is 0 Å². The summed E-state index contributed by atoms with van der Waals surface area (Å²) in [5.41, 5.74) is 8.38. The summed E-state index contributed by atoms with van der Waals surface area (Å²) in [4.78, 5) is 0. The van der Waals surface area contributed by atoms with Gasteiger partial charge in [-0.05, 0) is 109 Å². The van der Waals surface area contributed by atoms with Crippen LogP contribution in [0.4, 0.5) is 0 Å². The lowest BCUT2D eigenvalue weighted by Gasteiger charge is -2.34.